The highest BCUT2D eigenvalue weighted by molar-refractivity contribution is 5.41. The van der Waals surface area contributed by atoms with E-state index in [4.69, 9.17) is 10.2 Å². The first-order valence-electron chi connectivity index (χ1n) is 16.3. The molecule has 3 fully saturated rings. The van der Waals surface area contributed by atoms with Gasteiger partial charge in [-0.3, -0.25) is 0 Å². The van der Waals surface area contributed by atoms with Crippen LogP contribution in [0, 0.1) is 40.4 Å². The van der Waals surface area contributed by atoms with Crippen molar-refractivity contribution in [1.29, 1.82) is 0 Å². The predicted molar refractivity (Wildman–Crippen MR) is 168 cm³/mol. The first kappa shape index (κ1) is 32.1. The molecule has 4 aliphatic rings. The Labute approximate surface area is 249 Å². The summed E-state index contributed by atoms with van der Waals surface area (Å²) in [4.78, 5) is 0. The third kappa shape index (κ3) is 6.73. The summed E-state index contributed by atoms with van der Waals surface area (Å²) in [5.74, 6) is 4.10. The molecule has 1 aromatic carbocycles. The van der Waals surface area contributed by atoms with E-state index in [1.165, 1.54) is 69.1 Å². The second-order valence-corrected chi connectivity index (χ2v) is 14.5. The fraction of sp³-hybridized carbons (Fsp3) is 0.722. The standard InChI is InChI=1S/C27H44O.C9H13NO3/c1-18(2)7-6-8-19(3)23-11-12-24-22-10-9-20-17-21(28)13-15-26(20,4)25(22)14-16-27(23,24)5;1-10-5-9(13)6-2-3-7(11)8(12)4-6/h7,9,19,21-25,28H,6,8,10-17H2,1-5H3;2-4,9-13H,5H2,1H3/t19-,21+,22+,23-,24+,25+,26+,27-;9-/m10/s1. The van der Waals surface area contributed by atoms with E-state index in [0.29, 0.717) is 22.9 Å². The number of hydrogen-bond donors (Lipinski definition) is 5. The van der Waals surface area contributed by atoms with Gasteiger partial charge in [-0.15, -0.1) is 0 Å². The Kier molecular flexibility index (Phi) is 10.4. The van der Waals surface area contributed by atoms with Gasteiger partial charge in [-0.05, 0) is 143 Å². The maximum Gasteiger partial charge on any atom is 0.157 e. The molecule has 0 heterocycles. The SMILES string of the molecule is CC(C)=CCC[C@@H](C)[C@H]1CC[C@H]2[C@@H]3CC=C4C[C@@H](O)CC[C@]4(C)[C@H]3CC[C@]12C.CNC[C@H](O)c1ccc(O)c(O)c1. The zero-order valence-corrected chi connectivity index (χ0v) is 26.5. The number of benzene rings is 1. The third-order valence-electron chi connectivity index (χ3n) is 11.8. The van der Waals surface area contributed by atoms with Crippen LogP contribution in [0.4, 0.5) is 0 Å². The molecule has 0 amide bonds. The van der Waals surface area contributed by atoms with Gasteiger partial charge in [0, 0.05) is 6.54 Å². The third-order valence-corrected chi connectivity index (χ3v) is 11.8. The highest BCUT2D eigenvalue weighted by atomic mass is 16.3. The molecule has 5 N–H and O–H groups in total. The van der Waals surface area contributed by atoms with E-state index in [2.05, 4.69) is 52.1 Å². The van der Waals surface area contributed by atoms with E-state index in [0.717, 1.165) is 42.4 Å². The molecule has 5 nitrogen and oxygen atoms in total. The smallest absolute Gasteiger partial charge is 0.157 e. The second kappa shape index (κ2) is 13.2. The summed E-state index contributed by atoms with van der Waals surface area (Å²) in [5.41, 5.74) is 4.61. The number of hydrogen-bond acceptors (Lipinski definition) is 5. The van der Waals surface area contributed by atoms with Crippen molar-refractivity contribution in [2.24, 2.45) is 40.4 Å². The first-order chi connectivity index (χ1) is 19.4. The molecule has 0 aliphatic heterocycles. The molecule has 1 aromatic rings. The Morgan fingerprint density at radius 2 is 1.80 bits per heavy atom. The van der Waals surface area contributed by atoms with Crippen LogP contribution < -0.4 is 5.32 Å². The number of aliphatic hydroxyl groups is 2. The van der Waals surface area contributed by atoms with Crippen molar-refractivity contribution in [1.82, 2.24) is 5.32 Å². The Morgan fingerprint density at radius 1 is 1.05 bits per heavy atom. The van der Waals surface area contributed by atoms with Crippen LogP contribution in [0.5, 0.6) is 11.5 Å². The Bertz CT molecular complexity index is 1090. The number of fused-ring (bicyclic) bond motifs is 5. The van der Waals surface area contributed by atoms with Crippen LogP contribution in [0.3, 0.4) is 0 Å². The van der Waals surface area contributed by atoms with E-state index < -0.39 is 6.10 Å². The van der Waals surface area contributed by atoms with E-state index in [1.54, 1.807) is 18.7 Å². The molecule has 0 unspecified atom stereocenters. The summed E-state index contributed by atoms with van der Waals surface area (Å²) in [5, 5.41) is 40.6. The van der Waals surface area contributed by atoms with Gasteiger partial charge in [0.1, 0.15) is 0 Å². The summed E-state index contributed by atoms with van der Waals surface area (Å²) in [6, 6.07) is 4.26. The van der Waals surface area contributed by atoms with E-state index in [9.17, 15) is 10.2 Å². The summed E-state index contributed by atoms with van der Waals surface area (Å²) in [6.45, 7) is 12.6. The topological polar surface area (TPSA) is 93.0 Å². The number of phenolic OH excluding ortho intramolecular Hbond substituents is 2. The molecule has 3 saturated carbocycles. The number of nitrogens with one attached hydrogen (secondary N) is 1. The molecule has 230 valence electrons. The fourth-order valence-electron chi connectivity index (χ4n) is 9.51. The molecule has 0 spiro atoms. The van der Waals surface area contributed by atoms with Gasteiger partial charge in [0.25, 0.3) is 0 Å². The number of aliphatic hydroxyl groups excluding tert-OH is 2. The van der Waals surface area contributed by atoms with E-state index >= 15 is 0 Å². The normalized spacial score (nSPS) is 35.5. The lowest BCUT2D eigenvalue weighted by Gasteiger charge is -2.58. The number of rotatable bonds is 7. The van der Waals surface area contributed by atoms with Crippen molar-refractivity contribution in [3.63, 3.8) is 0 Å². The van der Waals surface area contributed by atoms with Crippen molar-refractivity contribution in [2.45, 2.75) is 111 Å². The van der Waals surface area contributed by atoms with Gasteiger partial charge in [-0.25, -0.2) is 0 Å². The van der Waals surface area contributed by atoms with Gasteiger partial charge in [-0.2, -0.15) is 0 Å². The van der Waals surface area contributed by atoms with Crippen LogP contribution in [0.25, 0.3) is 0 Å². The van der Waals surface area contributed by atoms with Crippen LogP contribution in [-0.4, -0.2) is 40.1 Å². The zero-order valence-electron chi connectivity index (χ0n) is 26.5. The zero-order chi connectivity index (χ0) is 29.9. The molecular formula is C36H57NO4. The van der Waals surface area contributed by atoms with Crippen molar-refractivity contribution < 1.29 is 20.4 Å². The number of allylic oxidation sites excluding steroid dienone is 3. The molecule has 5 rings (SSSR count). The lowest BCUT2D eigenvalue weighted by molar-refractivity contribution is -0.0571. The van der Waals surface area contributed by atoms with Gasteiger partial charge < -0.3 is 25.7 Å². The summed E-state index contributed by atoms with van der Waals surface area (Å²) in [7, 11) is 1.73. The maximum absolute atomic E-state index is 10.2. The van der Waals surface area contributed by atoms with Gasteiger partial charge >= 0.3 is 0 Å². The fourth-order valence-corrected chi connectivity index (χ4v) is 9.51. The molecule has 4 aliphatic carbocycles. The van der Waals surface area contributed by atoms with Crippen LogP contribution in [0.2, 0.25) is 0 Å². The molecular weight excluding hydrogens is 510 g/mol. The van der Waals surface area contributed by atoms with Crippen molar-refractivity contribution >= 4 is 0 Å². The Hall–Kier alpha value is -1.82. The van der Waals surface area contributed by atoms with Crippen molar-refractivity contribution in [2.75, 3.05) is 13.6 Å². The second-order valence-electron chi connectivity index (χ2n) is 14.5. The summed E-state index contributed by atoms with van der Waals surface area (Å²) in [6.07, 6.45) is 17.2. The van der Waals surface area contributed by atoms with Gasteiger partial charge in [-0.1, -0.05) is 50.1 Å². The first-order valence-corrected chi connectivity index (χ1v) is 16.3. The van der Waals surface area contributed by atoms with E-state index in [-0.39, 0.29) is 17.6 Å². The van der Waals surface area contributed by atoms with Gasteiger partial charge in [0.15, 0.2) is 11.5 Å². The largest absolute Gasteiger partial charge is 0.504 e. The molecule has 0 bridgehead atoms. The highest BCUT2D eigenvalue weighted by Crippen LogP contribution is 2.67. The lowest BCUT2D eigenvalue weighted by atomic mass is 9.47. The maximum atomic E-state index is 10.2. The molecule has 0 aromatic heterocycles. The minimum Gasteiger partial charge on any atom is -0.504 e. The highest BCUT2D eigenvalue weighted by Gasteiger charge is 2.59. The molecule has 0 radical (unpaired) electrons. The Balaban J connectivity index is 0.000000251. The van der Waals surface area contributed by atoms with Crippen LogP contribution >= 0.6 is 0 Å². The minimum atomic E-state index is -0.670. The average molecular weight is 568 g/mol. The van der Waals surface area contributed by atoms with Gasteiger partial charge in [0.2, 0.25) is 0 Å². The number of likely N-dealkylation sites (N-methyl/N-ethyl adjacent to an activating group) is 1. The van der Waals surface area contributed by atoms with Crippen molar-refractivity contribution in [3.8, 4) is 11.5 Å². The number of phenols is 2. The van der Waals surface area contributed by atoms with Crippen molar-refractivity contribution in [3.05, 3.63) is 47.1 Å². The average Bonchev–Trinajstić information content (AvgIpc) is 3.28. The van der Waals surface area contributed by atoms with Crippen LogP contribution in [0.15, 0.2) is 41.5 Å². The molecule has 41 heavy (non-hydrogen) atoms. The molecule has 9 atom stereocenters. The van der Waals surface area contributed by atoms with E-state index in [1.807, 2.05) is 0 Å². The lowest BCUT2D eigenvalue weighted by Crippen LogP contribution is -2.50. The Morgan fingerprint density at radius 3 is 2.49 bits per heavy atom. The molecule has 0 saturated heterocycles. The van der Waals surface area contributed by atoms with Gasteiger partial charge in [0.05, 0.1) is 12.2 Å². The minimum absolute atomic E-state index is 0.0813. The summed E-state index contributed by atoms with van der Waals surface area (Å²) < 4.78 is 0. The quantitative estimate of drug-likeness (QED) is 0.172. The number of aromatic hydroxyl groups is 2. The predicted octanol–water partition coefficient (Wildman–Crippen LogP) is 7.66. The summed E-state index contributed by atoms with van der Waals surface area (Å²) >= 11 is 0. The van der Waals surface area contributed by atoms with Crippen LogP contribution in [-0.2, 0) is 0 Å². The monoisotopic (exact) mass is 567 g/mol. The molecule has 5 heteroatoms. The van der Waals surface area contributed by atoms with Crippen LogP contribution in [0.1, 0.15) is 110 Å².